The fourth-order valence-corrected chi connectivity index (χ4v) is 6.01. The lowest BCUT2D eigenvalue weighted by atomic mass is 9.96. The molecule has 0 spiro atoms. The summed E-state index contributed by atoms with van der Waals surface area (Å²) >= 11 is 5.85. The summed E-state index contributed by atoms with van der Waals surface area (Å²) in [7, 11) is -3.85. The molecule has 1 N–H and O–H groups in total. The van der Waals surface area contributed by atoms with Crippen LogP contribution in [0.1, 0.15) is 38.5 Å². The largest absolute Gasteiger partial charge is 0.335 e. The van der Waals surface area contributed by atoms with Crippen LogP contribution in [0.5, 0.6) is 0 Å². The van der Waals surface area contributed by atoms with E-state index in [2.05, 4.69) is 4.72 Å². The van der Waals surface area contributed by atoms with Gasteiger partial charge in [-0.2, -0.15) is 0 Å². The number of imide groups is 1. The Morgan fingerprint density at radius 2 is 1.69 bits per heavy atom. The number of piperidine rings is 1. The lowest BCUT2D eigenvalue weighted by molar-refractivity contribution is -0.144. The Bertz CT molecular complexity index is 936. The molecule has 3 amide bonds. The number of nitrogens with one attached hydrogen (secondary N) is 1. The minimum Gasteiger partial charge on any atom is -0.335 e. The lowest BCUT2D eigenvalue weighted by Gasteiger charge is -2.41. The topological polar surface area (TPSA) is 104 Å². The number of hydrogen-bond acceptors (Lipinski definition) is 5. The van der Waals surface area contributed by atoms with Gasteiger partial charge in [0.25, 0.3) is 0 Å². The van der Waals surface area contributed by atoms with E-state index in [4.69, 9.17) is 11.6 Å². The van der Waals surface area contributed by atoms with Gasteiger partial charge < -0.3 is 4.90 Å². The second kappa shape index (κ2) is 7.70. The zero-order valence-electron chi connectivity index (χ0n) is 15.7. The van der Waals surface area contributed by atoms with Crippen molar-refractivity contribution in [3.8, 4) is 0 Å². The van der Waals surface area contributed by atoms with Crippen LogP contribution in [0.25, 0.3) is 0 Å². The number of carbonyl (C=O) groups excluding carboxylic acids is 3. The van der Waals surface area contributed by atoms with Crippen molar-refractivity contribution in [2.24, 2.45) is 0 Å². The highest BCUT2D eigenvalue weighted by atomic mass is 35.5. The van der Waals surface area contributed by atoms with Crippen molar-refractivity contribution in [2.45, 2.75) is 61.5 Å². The Labute approximate surface area is 174 Å². The zero-order valence-corrected chi connectivity index (χ0v) is 17.3. The lowest BCUT2D eigenvalue weighted by Crippen LogP contribution is -2.55. The van der Waals surface area contributed by atoms with Gasteiger partial charge in [0.2, 0.25) is 27.7 Å². The van der Waals surface area contributed by atoms with Gasteiger partial charge in [-0.1, -0.05) is 17.7 Å². The summed E-state index contributed by atoms with van der Waals surface area (Å²) in [5, 5.41) is 0.297. The summed E-state index contributed by atoms with van der Waals surface area (Å²) in [6, 6.07) is 5.52. The maximum absolute atomic E-state index is 12.8. The Kier molecular flexibility index (Phi) is 5.39. The van der Waals surface area contributed by atoms with Crippen LogP contribution in [0, 0.1) is 0 Å². The molecule has 1 aromatic rings. The number of nitrogens with zero attached hydrogens (tertiary/aromatic N) is 2. The quantitative estimate of drug-likeness (QED) is 0.696. The minimum absolute atomic E-state index is 0.00513. The highest BCUT2D eigenvalue weighted by molar-refractivity contribution is 7.89. The fourth-order valence-electron chi connectivity index (χ4n) is 4.73. The fraction of sp³-hybridized carbons (Fsp3) is 0.526. The molecule has 2 atom stereocenters. The van der Waals surface area contributed by atoms with E-state index in [1.807, 2.05) is 0 Å². The third-order valence-corrected chi connectivity index (χ3v) is 7.61. The number of hydrogen-bond donors (Lipinski definition) is 1. The van der Waals surface area contributed by atoms with Crippen molar-refractivity contribution in [2.75, 3.05) is 6.54 Å². The summed E-state index contributed by atoms with van der Waals surface area (Å²) in [6.45, 7) is -0.339. The number of amides is 3. The summed E-state index contributed by atoms with van der Waals surface area (Å²) in [6.07, 6.45) is 3.23. The van der Waals surface area contributed by atoms with E-state index in [-0.39, 0.29) is 60.1 Å². The van der Waals surface area contributed by atoms with E-state index in [1.54, 1.807) is 11.0 Å². The number of carbonyl (C=O) groups is 3. The van der Waals surface area contributed by atoms with Crippen LogP contribution < -0.4 is 4.72 Å². The maximum Gasteiger partial charge on any atom is 0.241 e. The van der Waals surface area contributed by atoms with Crippen molar-refractivity contribution in [3.05, 3.63) is 29.3 Å². The van der Waals surface area contributed by atoms with E-state index >= 15 is 0 Å². The Morgan fingerprint density at radius 3 is 2.28 bits per heavy atom. The van der Waals surface area contributed by atoms with Gasteiger partial charge in [0, 0.05) is 36.0 Å². The highest BCUT2D eigenvalue weighted by Crippen LogP contribution is 2.38. The predicted molar refractivity (Wildman–Crippen MR) is 104 cm³/mol. The molecule has 4 rings (SSSR count). The molecule has 2 unspecified atom stereocenters. The van der Waals surface area contributed by atoms with E-state index in [1.165, 1.54) is 23.1 Å². The Balaban J connectivity index is 1.40. The van der Waals surface area contributed by atoms with E-state index in [0.717, 1.165) is 12.8 Å². The van der Waals surface area contributed by atoms with E-state index in [9.17, 15) is 22.8 Å². The van der Waals surface area contributed by atoms with Crippen LogP contribution in [0.2, 0.25) is 5.02 Å². The van der Waals surface area contributed by atoms with Crippen molar-refractivity contribution in [3.63, 3.8) is 0 Å². The van der Waals surface area contributed by atoms with Gasteiger partial charge in [0.15, 0.2) is 0 Å². The van der Waals surface area contributed by atoms with Crippen LogP contribution in [-0.2, 0) is 24.4 Å². The molecule has 3 aliphatic heterocycles. The van der Waals surface area contributed by atoms with Gasteiger partial charge in [-0.25, -0.2) is 13.1 Å². The van der Waals surface area contributed by atoms with Crippen molar-refractivity contribution < 1.29 is 22.8 Å². The third kappa shape index (κ3) is 3.91. The molecule has 0 aliphatic carbocycles. The number of fused-ring (bicyclic) bond motifs is 2. The Morgan fingerprint density at radius 1 is 1.07 bits per heavy atom. The predicted octanol–water partition coefficient (Wildman–Crippen LogP) is 1.29. The normalized spacial score (nSPS) is 27.0. The minimum atomic E-state index is -3.85. The first-order valence-electron chi connectivity index (χ1n) is 9.67. The van der Waals surface area contributed by atoms with Crippen molar-refractivity contribution in [1.82, 2.24) is 14.5 Å². The molecule has 8 nitrogen and oxygen atoms in total. The molecule has 3 saturated heterocycles. The first kappa shape index (κ1) is 20.3. The average Bonchev–Trinajstić information content (AvgIpc) is 3.15. The summed E-state index contributed by atoms with van der Waals surface area (Å²) in [5.41, 5.74) is 0. The standard InChI is InChI=1S/C19H22ClN3O5S/c20-12-2-1-3-16(8-12)29(27,28)21-11-19(26)22-13-4-5-14(22)10-15(9-13)23-17(24)6-7-18(23)25/h1-3,8,13-15,21H,4-7,9-11H2. The molecule has 156 valence electrons. The second-order valence-electron chi connectivity index (χ2n) is 7.75. The summed E-state index contributed by atoms with van der Waals surface area (Å²) < 4.78 is 27.2. The molecule has 1 aromatic carbocycles. The zero-order chi connectivity index (χ0) is 20.8. The van der Waals surface area contributed by atoms with Gasteiger partial charge in [-0.05, 0) is 43.9 Å². The van der Waals surface area contributed by atoms with Crippen LogP contribution in [0.15, 0.2) is 29.2 Å². The van der Waals surface area contributed by atoms with Crippen LogP contribution in [0.4, 0.5) is 0 Å². The van der Waals surface area contributed by atoms with E-state index in [0.29, 0.717) is 17.9 Å². The molecule has 3 fully saturated rings. The first-order valence-corrected chi connectivity index (χ1v) is 11.5. The summed E-state index contributed by atoms with van der Waals surface area (Å²) in [4.78, 5) is 40.0. The highest BCUT2D eigenvalue weighted by Gasteiger charge is 2.47. The molecule has 10 heteroatoms. The van der Waals surface area contributed by atoms with Gasteiger partial charge in [0.05, 0.1) is 11.4 Å². The maximum atomic E-state index is 12.8. The third-order valence-electron chi connectivity index (χ3n) is 5.97. The molecule has 0 saturated carbocycles. The van der Waals surface area contributed by atoms with Gasteiger partial charge in [-0.3, -0.25) is 19.3 Å². The molecule has 29 heavy (non-hydrogen) atoms. The number of rotatable bonds is 5. The van der Waals surface area contributed by atoms with Gasteiger partial charge >= 0.3 is 0 Å². The molecule has 0 aromatic heterocycles. The smallest absolute Gasteiger partial charge is 0.241 e. The monoisotopic (exact) mass is 439 g/mol. The molecular weight excluding hydrogens is 418 g/mol. The van der Waals surface area contributed by atoms with Crippen LogP contribution in [0.3, 0.4) is 0 Å². The number of sulfonamides is 1. The Hall–Kier alpha value is -1.97. The van der Waals surface area contributed by atoms with Crippen LogP contribution in [-0.4, -0.2) is 60.6 Å². The van der Waals surface area contributed by atoms with E-state index < -0.39 is 10.0 Å². The first-order chi connectivity index (χ1) is 13.8. The molecule has 3 heterocycles. The average molecular weight is 440 g/mol. The second-order valence-corrected chi connectivity index (χ2v) is 9.95. The molecule has 3 aliphatic rings. The molecule has 0 radical (unpaired) electrons. The molecule has 2 bridgehead atoms. The van der Waals surface area contributed by atoms with Gasteiger partial charge in [-0.15, -0.1) is 0 Å². The number of benzene rings is 1. The SMILES string of the molecule is O=C1CCC(=O)N1C1CC2CCC(C1)N2C(=O)CNS(=O)(=O)c1cccc(Cl)c1. The van der Waals surface area contributed by atoms with Crippen molar-refractivity contribution in [1.29, 1.82) is 0 Å². The van der Waals surface area contributed by atoms with Crippen LogP contribution >= 0.6 is 11.6 Å². The van der Waals surface area contributed by atoms with Crippen molar-refractivity contribution >= 4 is 39.3 Å². The summed E-state index contributed by atoms with van der Waals surface area (Å²) in [5.74, 6) is -0.553. The molecular formula is C19H22ClN3O5S. The number of halogens is 1. The van der Waals surface area contributed by atoms with Gasteiger partial charge in [0.1, 0.15) is 0 Å². The number of likely N-dealkylation sites (tertiary alicyclic amines) is 1.